The summed E-state index contributed by atoms with van der Waals surface area (Å²) in [6, 6.07) is 0.336. The van der Waals surface area contributed by atoms with Gasteiger partial charge in [0.25, 0.3) is 0 Å². The van der Waals surface area contributed by atoms with Crippen LogP contribution >= 0.6 is 0 Å². The molecule has 1 unspecified atom stereocenters. The number of carboxylic acid groups (broad SMARTS) is 1. The van der Waals surface area contributed by atoms with Crippen molar-refractivity contribution in [3.63, 3.8) is 0 Å². The summed E-state index contributed by atoms with van der Waals surface area (Å²) in [4.78, 5) is 13.4. The maximum Gasteiger partial charge on any atom is 0.323 e. The fourth-order valence-electron chi connectivity index (χ4n) is 2.48. The highest BCUT2D eigenvalue weighted by atomic mass is 16.4. The molecule has 5 nitrogen and oxygen atoms in total. The number of hydrogen-bond donors (Lipinski definition) is 1. The third-order valence-corrected chi connectivity index (χ3v) is 3.81. The highest BCUT2D eigenvalue weighted by molar-refractivity contribution is 5.78. The van der Waals surface area contributed by atoms with Gasteiger partial charge in [-0.15, -0.1) is 0 Å². The van der Waals surface area contributed by atoms with E-state index in [4.69, 9.17) is 0 Å². The third kappa shape index (κ3) is 2.27. The molecule has 100 valence electrons. The van der Waals surface area contributed by atoms with Crippen molar-refractivity contribution in [2.24, 2.45) is 0 Å². The van der Waals surface area contributed by atoms with Gasteiger partial charge in [0.05, 0.1) is 6.20 Å². The Bertz CT molecular complexity index is 441. The number of carbonyl (C=O) groups is 1. The van der Waals surface area contributed by atoms with Gasteiger partial charge in [0, 0.05) is 24.3 Å². The molecule has 2 rings (SSSR count). The first-order valence-electron chi connectivity index (χ1n) is 6.45. The summed E-state index contributed by atoms with van der Waals surface area (Å²) in [5.41, 5.74) is 0.359. The maximum atomic E-state index is 11.4. The maximum absolute atomic E-state index is 11.4. The Kier molecular flexibility index (Phi) is 3.43. The Balaban J connectivity index is 2.10. The normalized spacial score (nSPS) is 24.9. The van der Waals surface area contributed by atoms with E-state index in [2.05, 4.69) is 18.9 Å². The molecule has 18 heavy (non-hydrogen) atoms. The molecular weight excluding hydrogens is 230 g/mol. The SMILES string of the molecule is CC(C)n1cc(CN2CCCC2(C)C(=O)O)cn1. The van der Waals surface area contributed by atoms with Gasteiger partial charge in [0.15, 0.2) is 0 Å². The monoisotopic (exact) mass is 251 g/mol. The molecule has 0 spiro atoms. The molecule has 0 aromatic carbocycles. The fraction of sp³-hybridized carbons (Fsp3) is 0.692. The van der Waals surface area contributed by atoms with Crippen LogP contribution in [0.25, 0.3) is 0 Å². The lowest BCUT2D eigenvalue weighted by atomic mass is 9.99. The first kappa shape index (κ1) is 13.1. The van der Waals surface area contributed by atoms with Crippen molar-refractivity contribution in [1.82, 2.24) is 14.7 Å². The molecule has 0 bridgehead atoms. The van der Waals surface area contributed by atoms with Gasteiger partial charge in [0.2, 0.25) is 0 Å². The van der Waals surface area contributed by atoms with E-state index in [-0.39, 0.29) is 0 Å². The zero-order valence-corrected chi connectivity index (χ0v) is 11.3. The summed E-state index contributed by atoms with van der Waals surface area (Å²) in [5, 5.41) is 13.6. The molecule has 1 aliphatic rings. The highest BCUT2D eigenvalue weighted by Crippen LogP contribution is 2.30. The molecule has 2 heterocycles. The second-order valence-electron chi connectivity index (χ2n) is 5.53. The van der Waals surface area contributed by atoms with Crippen LogP contribution < -0.4 is 0 Å². The van der Waals surface area contributed by atoms with Crippen LogP contribution in [0, 0.1) is 0 Å². The van der Waals surface area contributed by atoms with Gasteiger partial charge in [-0.1, -0.05) is 0 Å². The molecule has 5 heteroatoms. The molecule has 1 aliphatic heterocycles. The summed E-state index contributed by atoms with van der Waals surface area (Å²) in [5.74, 6) is -0.726. The number of nitrogens with zero attached hydrogens (tertiary/aromatic N) is 3. The van der Waals surface area contributed by atoms with Crippen molar-refractivity contribution < 1.29 is 9.90 Å². The van der Waals surface area contributed by atoms with Crippen molar-refractivity contribution in [2.45, 2.75) is 51.7 Å². The van der Waals surface area contributed by atoms with Crippen LogP contribution in [0.15, 0.2) is 12.4 Å². The molecule has 1 fully saturated rings. The average Bonchev–Trinajstić information content (AvgIpc) is 2.88. The van der Waals surface area contributed by atoms with Crippen molar-refractivity contribution in [3.8, 4) is 0 Å². The number of rotatable bonds is 4. The minimum absolute atomic E-state index is 0.336. The van der Waals surface area contributed by atoms with Crippen LogP contribution in [0.2, 0.25) is 0 Å². The van der Waals surface area contributed by atoms with Crippen LogP contribution in [-0.2, 0) is 11.3 Å². The molecule has 1 atom stereocenters. The summed E-state index contributed by atoms with van der Waals surface area (Å²) in [6.07, 6.45) is 5.51. The molecule has 0 saturated carbocycles. The summed E-state index contributed by atoms with van der Waals surface area (Å²) in [6.45, 7) is 7.47. The van der Waals surface area contributed by atoms with Gasteiger partial charge in [-0.2, -0.15) is 5.10 Å². The lowest BCUT2D eigenvalue weighted by Gasteiger charge is -2.30. The lowest BCUT2D eigenvalue weighted by molar-refractivity contribution is -0.148. The Morgan fingerprint density at radius 1 is 1.61 bits per heavy atom. The molecule has 0 aliphatic carbocycles. The molecular formula is C13H21N3O2. The summed E-state index contributed by atoms with van der Waals surface area (Å²) < 4.78 is 1.91. The van der Waals surface area contributed by atoms with E-state index in [0.717, 1.165) is 24.9 Å². The molecule has 1 aromatic rings. The van der Waals surface area contributed by atoms with Crippen molar-refractivity contribution in [2.75, 3.05) is 6.54 Å². The van der Waals surface area contributed by atoms with Crippen LogP contribution in [0.3, 0.4) is 0 Å². The van der Waals surface area contributed by atoms with Gasteiger partial charge in [-0.05, 0) is 40.2 Å². The Hall–Kier alpha value is -1.36. The molecule has 0 radical (unpaired) electrons. The van der Waals surface area contributed by atoms with Crippen LogP contribution in [0.4, 0.5) is 0 Å². The van der Waals surface area contributed by atoms with Crippen molar-refractivity contribution in [1.29, 1.82) is 0 Å². The number of likely N-dealkylation sites (tertiary alicyclic amines) is 1. The molecule has 1 N–H and O–H groups in total. The van der Waals surface area contributed by atoms with E-state index in [0.29, 0.717) is 12.6 Å². The van der Waals surface area contributed by atoms with E-state index in [1.165, 1.54) is 0 Å². The van der Waals surface area contributed by atoms with E-state index in [1.54, 1.807) is 0 Å². The minimum Gasteiger partial charge on any atom is -0.480 e. The first-order chi connectivity index (χ1) is 8.43. The molecule has 1 saturated heterocycles. The zero-order valence-electron chi connectivity index (χ0n) is 11.3. The zero-order chi connectivity index (χ0) is 13.3. The Morgan fingerprint density at radius 3 is 2.89 bits per heavy atom. The second kappa shape index (κ2) is 4.72. The van der Waals surface area contributed by atoms with E-state index >= 15 is 0 Å². The summed E-state index contributed by atoms with van der Waals surface area (Å²) in [7, 11) is 0. The number of aromatic nitrogens is 2. The standard InChI is InChI=1S/C13H21N3O2/c1-10(2)16-9-11(7-14-16)8-15-6-4-5-13(15,3)12(17)18/h7,9-10H,4-6,8H2,1-3H3,(H,17,18). The highest BCUT2D eigenvalue weighted by Gasteiger charge is 2.43. The Labute approximate surface area is 107 Å². The van der Waals surface area contributed by atoms with Crippen LogP contribution in [-0.4, -0.2) is 37.8 Å². The minimum atomic E-state index is -0.726. The largest absolute Gasteiger partial charge is 0.480 e. The van der Waals surface area contributed by atoms with Gasteiger partial charge in [0.1, 0.15) is 5.54 Å². The number of hydrogen-bond acceptors (Lipinski definition) is 3. The van der Waals surface area contributed by atoms with Gasteiger partial charge >= 0.3 is 5.97 Å². The third-order valence-electron chi connectivity index (χ3n) is 3.81. The average molecular weight is 251 g/mol. The smallest absolute Gasteiger partial charge is 0.323 e. The first-order valence-corrected chi connectivity index (χ1v) is 6.45. The van der Waals surface area contributed by atoms with E-state index in [9.17, 15) is 9.90 Å². The predicted molar refractivity (Wildman–Crippen MR) is 68.3 cm³/mol. The van der Waals surface area contributed by atoms with Gasteiger partial charge in [-0.25, -0.2) is 0 Å². The molecule has 1 aromatic heterocycles. The lowest BCUT2D eigenvalue weighted by Crippen LogP contribution is -2.47. The van der Waals surface area contributed by atoms with Crippen LogP contribution in [0.1, 0.15) is 45.2 Å². The van der Waals surface area contributed by atoms with E-state index < -0.39 is 11.5 Å². The summed E-state index contributed by atoms with van der Waals surface area (Å²) >= 11 is 0. The quantitative estimate of drug-likeness (QED) is 0.888. The molecule has 0 amide bonds. The van der Waals surface area contributed by atoms with Gasteiger partial charge in [-0.3, -0.25) is 14.4 Å². The number of carboxylic acids is 1. The van der Waals surface area contributed by atoms with Crippen LogP contribution in [0.5, 0.6) is 0 Å². The van der Waals surface area contributed by atoms with Crippen molar-refractivity contribution in [3.05, 3.63) is 18.0 Å². The Morgan fingerprint density at radius 2 is 2.33 bits per heavy atom. The predicted octanol–water partition coefficient (Wildman–Crippen LogP) is 1.90. The topological polar surface area (TPSA) is 58.4 Å². The number of aliphatic carboxylic acids is 1. The van der Waals surface area contributed by atoms with Gasteiger partial charge < -0.3 is 5.11 Å². The fourth-order valence-corrected chi connectivity index (χ4v) is 2.48. The van der Waals surface area contributed by atoms with Crippen molar-refractivity contribution >= 4 is 5.97 Å². The second-order valence-corrected chi connectivity index (χ2v) is 5.53. The van der Waals surface area contributed by atoms with E-state index in [1.807, 2.05) is 28.9 Å².